The number of benzene rings is 1. The third kappa shape index (κ3) is 4.00. The highest BCUT2D eigenvalue weighted by atomic mass is 79.9. The highest BCUT2D eigenvalue weighted by Gasteiger charge is 2.19. The first-order valence-corrected chi connectivity index (χ1v) is 8.87. The van der Waals surface area contributed by atoms with Crippen molar-refractivity contribution in [2.45, 2.75) is 32.4 Å². The number of aliphatic hydroxyl groups is 1. The fourth-order valence-electron chi connectivity index (χ4n) is 3.09. The zero-order valence-corrected chi connectivity index (χ0v) is 14.9. The number of nitrogens with zero attached hydrogens (tertiary/aromatic N) is 3. The van der Waals surface area contributed by atoms with E-state index in [9.17, 15) is 9.90 Å². The summed E-state index contributed by atoms with van der Waals surface area (Å²) in [5.74, 6) is 0.772. The lowest BCUT2D eigenvalue weighted by Crippen LogP contribution is -2.40. The number of piperidine rings is 1. The van der Waals surface area contributed by atoms with E-state index in [4.69, 9.17) is 0 Å². The largest absolute Gasteiger partial charge is 0.390 e. The van der Waals surface area contributed by atoms with Gasteiger partial charge >= 0.3 is 0 Å². The van der Waals surface area contributed by atoms with E-state index in [1.807, 2.05) is 12.1 Å². The van der Waals surface area contributed by atoms with E-state index in [0.29, 0.717) is 17.4 Å². The predicted molar refractivity (Wildman–Crippen MR) is 94.5 cm³/mol. The van der Waals surface area contributed by atoms with Crippen LogP contribution in [0.5, 0.6) is 0 Å². The molecule has 1 aromatic carbocycles. The summed E-state index contributed by atoms with van der Waals surface area (Å²) in [6, 6.07) is 5.46. The molecular weight excluding hydrogens is 358 g/mol. The lowest BCUT2D eigenvalue weighted by Gasteiger charge is -2.31. The summed E-state index contributed by atoms with van der Waals surface area (Å²) in [6.07, 6.45) is 3.32. The van der Waals surface area contributed by atoms with Crippen molar-refractivity contribution in [1.82, 2.24) is 14.5 Å². The molecular formula is C17H22BrN3O2. The van der Waals surface area contributed by atoms with Crippen LogP contribution in [0.15, 0.2) is 33.8 Å². The molecule has 0 radical (unpaired) electrons. The molecule has 6 heteroatoms. The van der Waals surface area contributed by atoms with Gasteiger partial charge in [0.15, 0.2) is 0 Å². The summed E-state index contributed by atoms with van der Waals surface area (Å²) in [4.78, 5) is 19.1. The van der Waals surface area contributed by atoms with Crippen LogP contribution in [0.3, 0.4) is 0 Å². The summed E-state index contributed by atoms with van der Waals surface area (Å²) in [5.41, 5.74) is 0.566. The van der Waals surface area contributed by atoms with Gasteiger partial charge in [-0.15, -0.1) is 0 Å². The van der Waals surface area contributed by atoms with Crippen molar-refractivity contribution < 1.29 is 5.11 Å². The van der Waals surface area contributed by atoms with Crippen LogP contribution < -0.4 is 5.56 Å². The standard InChI is InChI=1S/C17H22BrN3O2/c1-12-4-6-20(7-5-12)9-14(22)10-21-11-19-16-3-2-13(18)8-15(16)17(21)23/h2-3,8,11-12,14,22H,4-7,9-10H2,1H3. The Labute approximate surface area is 144 Å². The number of likely N-dealkylation sites (tertiary alicyclic amines) is 1. The Hall–Kier alpha value is -1.24. The molecule has 23 heavy (non-hydrogen) atoms. The van der Waals surface area contributed by atoms with Crippen LogP contribution in [0, 0.1) is 5.92 Å². The highest BCUT2D eigenvalue weighted by molar-refractivity contribution is 9.10. The zero-order chi connectivity index (χ0) is 16.4. The summed E-state index contributed by atoms with van der Waals surface area (Å²) in [5, 5.41) is 10.9. The summed E-state index contributed by atoms with van der Waals surface area (Å²) < 4.78 is 2.36. The SMILES string of the molecule is CC1CCN(CC(O)Cn2cnc3ccc(Br)cc3c2=O)CC1. The molecule has 0 aliphatic carbocycles. The van der Waals surface area contributed by atoms with E-state index in [1.165, 1.54) is 23.7 Å². The molecule has 2 heterocycles. The molecule has 1 unspecified atom stereocenters. The molecule has 1 aliphatic rings. The molecule has 124 valence electrons. The minimum absolute atomic E-state index is 0.109. The van der Waals surface area contributed by atoms with Gasteiger partial charge in [-0.3, -0.25) is 9.36 Å². The minimum atomic E-state index is -0.562. The van der Waals surface area contributed by atoms with Gasteiger partial charge in [0.1, 0.15) is 0 Å². The highest BCUT2D eigenvalue weighted by Crippen LogP contribution is 2.17. The summed E-state index contributed by atoms with van der Waals surface area (Å²) >= 11 is 3.38. The molecule has 1 aromatic heterocycles. The quantitative estimate of drug-likeness (QED) is 0.884. The van der Waals surface area contributed by atoms with Crippen LogP contribution in [-0.4, -0.2) is 45.3 Å². The fraction of sp³-hybridized carbons (Fsp3) is 0.529. The number of fused-ring (bicyclic) bond motifs is 1. The van der Waals surface area contributed by atoms with Crippen molar-refractivity contribution in [2.24, 2.45) is 5.92 Å². The topological polar surface area (TPSA) is 58.4 Å². The zero-order valence-electron chi connectivity index (χ0n) is 13.3. The molecule has 1 aliphatic heterocycles. The van der Waals surface area contributed by atoms with E-state index >= 15 is 0 Å². The third-order valence-corrected chi connectivity index (χ3v) is 5.03. The van der Waals surface area contributed by atoms with Crippen molar-refractivity contribution >= 4 is 26.8 Å². The van der Waals surface area contributed by atoms with Crippen molar-refractivity contribution in [1.29, 1.82) is 0 Å². The van der Waals surface area contributed by atoms with E-state index in [-0.39, 0.29) is 12.1 Å². The number of hydrogen-bond donors (Lipinski definition) is 1. The molecule has 2 aromatic rings. The van der Waals surface area contributed by atoms with Crippen molar-refractivity contribution in [3.63, 3.8) is 0 Å². The van der Waals surface area contributed by atoms with Crippen LogP contribution >= 0.6 is 15.9 Å². The molecule has 0 bridgehead atoms. The molecule has 1 N–H and O–H groups in total. The molecule has 0 saturated carbocycles. The van der Waals surface area contributed by atoms with Gasteiger partial charge in [0.05, 0.1) is 29.9 Å². The van der Waals surface area contributed by atoms with Gasteiger partial charge in [-0.2, -0.15) is 0 Å². The fourth-order valence-corrected chi connectivity index (χ4v) is 3.45. The molecule has 1 saturated heterocycles. The van der Waals surface area contributed by atoms with Crippen LogP contribution in [0.25, 0.3) is 10.9 Å². The lowest BCUT2D eigenvalue weighted by molar-refractivity contribution is 0.0794. The third-order valence-electron chi connectivity index (χ3n) is 4.54. The summed E-state index contributed by atoms with van der Waals surface area (Å²) in [6.45, 7) is 5.20. The Bertz CT molecular complexity index is 738. The maximum Gasteiger partial charge on any atom is 0.261 e. The number of aliphatic hydroxyl groups excluding tert-OH is 1. The van der Waals surface area contributed by atoms with Crippen molar-refractivity contribution in [2.75, 3.05) is 19.6 Å². The normalized spacial score (nSPS) is 18.4. The molecule has 0 amide bonds. The number of β-amino-alcohol motifs (C(OH)–C–C–N with tert-alkyl or cyclic N) is 1. The first kappa shape index (κ1) is 16.6. The molecule has 3 rings (SSSR count). The Morgan fingerprint density at radius 3 is 2.83 bits per heavy atom. The van der Waals surface area contributed by atoms with Gasteiger partial charge in [-0.25, -0.2) is 4.98 Å². The number of aromatic nitrogens is 2. The first-order chi connectivity index (χ1) is 11.0. The maximum absolute atomic E-state index is 12.5. The Kier molecular flexibility index (Phi) is 5.14. The first-order valence-electron chi connectivity index (χ1n) is 8.08. The Morgan fingerprint density at radius 1 is 1.35 bits per heavy atom. The predicted octanol–water partition coefficient (Wildman–Crippen LogP) is 2.25. The van der Waals surface area contributed by atoms with Crippen LogP contribution in [0.1, 0.15) is 19.8 Å². The molecule has 0 spiro atoms. The van der Waals surface area contributed by atoms with E-state index in [1.54, 1.807) is 6.07 Å². The van der Waals surface area contributed by atoms with E-state index < -0.39 is 6.10 Å². The minimum Gasteiger partial charge on any atom is -0.390 e. The number of rotatable bonds is 4. The lowest BCUT2D eigenvalue weighted by atomic mass is 9.99. The van der Waals surface area contributed by atoms with Gasteiger partial charge in [0.25, 0.3) is 5.56 Å². The van der Waals surface area contributed by atoms with Crippen LogP contribution in [-0.2, 0) is 6.54 Å². The number of hydrogen-bond acceptors (Lipinski definition) is 4. The average Bonchev–Trinajstić information content (AvgIpc) is 2.53. The Morgan fingerprint density at radius 2 is 2.09 bits per heavy atom. The van der Waals surface area contributed by atoms with Gasteiger partial charge in [0.2, 0.25) is 0 Å². The monoisotopic (exact) mass is 379 g/mol. The average molecular weight is 380 g/mol. The molecule has 1 atom stereocenters. The van der Waals surface area contributed by atoms with Gasteiger partial charge in [0, 0.05) is 11.0 Å². The summed E-state index contributed by atoms with van der Waals surface area (Å²) in [7, 11) is 0. The Balaban J connectivity index is 1.71. The maximum atomic E-state index is 12.5. The van der Waals surface area contributed by atoms with Crippen LogP contribution in [0.2, 0.25) is 0 Å². The van der Waals surface area contributed by atoms with Gasteiger partial charge in [-0.1, -0.05) is 22.9 Å². The molecule has 1 fully saturated rings. The second-order valence-corrected chi connectivity index (χ2v) is 7.42. The van der Waals surface area contributed by atoms with Crippen LogP contribution in [0.4, 0.5) is 0 Å². The van der Waals surface area contributed by atoms with Crippen molar-refractivity contribution in [3.8, 4) is 0 Å². The van der Waals surface area contributed by atoms with E-state index in [2.05, 4.69) is 32.7 Å². The van der Waals surface area contributed by atoms with Gasteiger partial charge in [-0.05, 0) is 50.0 Å². The second-order valence-electron chi connectivity index (χ2n) is 6.50. The van der Waals surface area contributed by atoms with Gasteiger partial charge < -0.3 is 10.0 Å². The second kappa shape index (κ2) is 7.11. The smallest absolute Gasteiger partial charge is 0.261 e. The van der Waals surface area contributed by atoms with Crippen molar-refractivity contribution in [3.05, 3.63) is 39.4 Å². The van der Waals surface area contributed by atoms with E-state index in [0.717, 1.165) is 23.5 Å². The molecule has 5 nitrogen and oxygen atoms in total. The number of halogens is 1.